The molecule has 0 fully saturated rings. The minimum Gasteiger partial charge on any atom is -0.396 e. The topological polar surface area (TPSA) is 49.5 Å². The van der Waals surface area contributed by atoms with Gasteiger partial charge in [0.05, 0.1) is 11.0 Å². The van der Waals surface area contributed by atoms with E-state index in [1.54, 1.807) is 0 Å². The third kappa shape index (κ3) is 4.35. The van der Waals surface area contributed by atoms with Gasteiger partial charge in [-0.2, -0.15) is 0 Å². The van der Waals surface area contributed by atoms with Crippen molar-refractivity contribution < 1.29 is 5.11 Å². The van der Waals surface area contributed by atoms with Crippen LogP contribution in [0.3, 0.4) is 0 Å². The van der Waals surface area contributed by atoms with Crippen LogP contribution in [0.5, 0.6) is 0 Å². The van der Waals surface area contributed by atoms with Crippen LogP contribution in [-0.4, -0.2) is 40.2 Å². The summed E-state index contributed by atoms with van der Waals surface area (Å²) in [6.45, 7) is 7.40. The van der Waals surface area contributed by atoms with Gasteiger partial charge in [-0.05, 0) is 26.7 Å². The zero-order valence-corrected chi connectivity index (χ0v) is 10.2. The molecule has 0 aliphatic carbocycles. The molecule has 0 heterocycles. The highest BCUT2D eigenvalue weighted by Crippen LogP contribution is 2.10. The molecule has 14 heavy (non-hydrogen) atoms. The summed E-state index contributed by atoms with van der Waals surface area (Å²) >= 11 is 5.04. The predicted octanol–water partition coefficient (Wildman–Crippen LogP) is 1.14. The highest BCUT2D eigenvalue weighted by molar-refractivity contribution is 7.80. The van der Waals surface area contributed by atoms with Gasteiger partial charge in [-0.25, -0.2) is 0 Å². The molecular weight excluding hydrogens is 196 g/mol. The summed E-state index contributed by atoms with van der Waals surface area (Å²) in [5, 5.41) is 8.80. The van der Waals surface area contributed by atoms with Gasteiger partial charge in [0, 0.05) is 19.2 Å². The van der Waals surface area contributed by atoms with Crippen molar-refractivity contribution in [3.05, 3.63) is 0 Å². The van der Waals surface area contributed by atoms with Crippen molar-refractivity contribution in [3.8, 4) is 0 Å². The van der Waals surface area contributed by atoms with Crippen LogP contribution in [0.25, 0.3) is 0 Å². The highest BCUT2D eigenvalue weighted by atomic mass is 32.1. The van der Waals surface area contributed by atoms with Crippen molar-refractivity contribution in [1.82, 2.24) is 4.90 Å². The Bertz CT molecular complexity index is 174. The van der Waals surface area contributed by atoms with Crippen LogP contribution < -0.4 is 5.73 Å². The third-order valence-electron chi connectivity index (χ3n) is 2.35. The summed E-state index contributed by atoms with van der Waals surface area (Å²) in [7, 11) is 0. The van der Waals surface area contributed by atoms with Gasteiger partial charge in [0.15, 0.2) is 0 Å². The second kappa shape index (κ2) is 7.15. The number of aliphatic hydroxyl groups is 1. The van der Waals surface area contributed by atoms with Gasteiger partial charge >= 0.3 is 0 Å². The first-order chi connectivity index (χ1) is 6.54. The van der Waals surface area contributed by atoms with Crippen LogP contribution in [-0.2, 0) is 0 Å². The molecule has 0 aliphatic heterocycles. The summed E-state index contributed by atoms with van der Waals surface area (Å²) in [6.07, 6.45) is 1.70. The number of hydrogen-bond donors (Lipinski definition) is 2. The molecule has 1 unspecified atom stereocenters. The molecular formula is C10H22N2OS. The Kier molecular flexibility index (Phi) is 7.05. The summed E-state index contributed by atoms with van der Waals surface area (Å²) in [5.41, 5.74) is 5.68. The summed E-state index contributed by atoms with van der Waals surface area (Å²) in [4.78, 5) is 2.80. The van der Waals surface area contributed by atoms with Crippen LogP contribution in [0, 0.1) is 0 Å². The van der Waals surface area contributed by atoms with E-state index in [2.05, 4.69) is 25.7 Å². The predicted molar refractivity (Wildman–Crippen MR) is 64.4 cm³/mol. The van der Waals surface area contributed by atoms with E-state index >= 15 is 0 Å². The molecule has 1 atom stereocenters. The number of thiocarbonyl (C=S) groups is 1. The van der Waals surface area contributed by atoms with Crippen molar-refractivity contribution in [3.63, 3.8) is 0 Å². The van der Waals surface area contributed by atoms with Crippen molar-refractivity contribution in [1.29, 1.82) is 0 Å². The first kappa shape index (κ1) is 13.8. The molecule has 0 aromatic rings. The maximum absolute atomic E-state index is 8.80. The molecule has 0 rings (SSSR count). The van der Waals surface area contributed by atoms with Crippen LogP contribution in [0.4, 0.5) is 0 Å². The first-order valence-corrected chi connectivity index (χ1v) is 5.61. The van der Waals surface area contributed by atoms with E-state index in [9.17, 15) is 0 Å². The smallest absolute Gasteiger partial charge is 0.0902 e. The van der Waals surface area contributed by atoms with Gasteiger partial charge in [-0.1, -0.05) is 19.1 Å². The standard InChI is InChI=1S/C10H22N2OS/c1-4-9(10(11)14)12(8(2)3)6-5-7-13/h8-9,13H,4-7H2,1-3H3,(H2,11,14). The summed E-state index contributed by atoms with van der Waals surface area (Å²) in [5.74, 6) is 0. The van der Waals surface area contributed by atoms with Gasteiger partial charge in [-0.3, -0.25) is 4.90 Å². The Morgan fingerprint density at radius 1 is 1.50 bits per heavy atom. The Morgan fingerprint density at radius 2 is 2.07 bits per heavy atom. The molecule has 84 valence electrons. The number of hydrogen-bond acceptors (Lipinski definition) is 3. The zero-order valence-electron chi connectivity index (χ0n) is 9.36. The molecule has 0 spiro atoms. The lowest BCUT2D eigenvalue weighted by atomic mass is 10.1. The second-order valence-corrected chi connectivity index (χ2v) is 4.21. The number of nitrogens with two attached hydrogens (primary N) is 1. The van der Waals surface area contributed by atoms with E-state index < -0.39 is 0 Å². The highest BCUT2D eigenvalue weighted by Gasteiger charge is 2.21. The zero-order chi connectivity index (χ0) is 11.1. The molecule has 4 heteroatoms. The Balaban J connectivity index is 4.35. The fourth-order valence-corrected chi connectivity index (χ4v) is 1.93. The Hall–Kier alpha value is -0.190. The summed E-state index contributed by atoms with van der Waals surface area (Å²) in [6, 6.07) is 0.574. The third-order valence-corrected chi connectivity index (χ3v) is 2.63. The minimum absolute atomic E-state index is 0.163. The molecule has 0 bridgehead atoms. The number of rotatable bonds is 7. The van der Waals surface area contributed by atoms with Gasteiger partial charge in [0.1, 0.15) is 0 Å². The van der Waals surface area contributed by atoms with Crippen LogP contribution in [0.15, 0.2) is 0 Å². The molecule has 0 aromatic heterocycles. The monoisotopic (exact) mass is 218 g/mol. The van der Waals surface area contributed by atoms with Crippen molar-refractivity contribution >= 4 is 17.2 Å². The lowest BCUT2D eigenvalue weighted by Crippen LogP contribution is -2.47. The molecule has 3 N–H and O–H groups in total. The van der Waals surface area contributed by atoms with Gasteiger partial charge in [0.2, 0.25) is 0 Å². The molecule has 0 amide bonds. The normalized spacial score (nSPS) is 13.6. The van der Waals surface area contributed by atoms with Gasteiger partial charge in [-0.15, -0.1) is 0 Å². The number of nitrogens with zero attached hydrogens (tertiary/aromatic N) is 1. The fraction of sp³-hybridized carbons (Fsp3) is 0.900. The van der Waals surface area contributed by atoms with E-state index in [1.807, 2.05) is 0 Å². The Labute approximate surface area is 92.3 Å². The van der Waals surface area contributed by atoms with Crippen LogP contribution in [0.1, 0.15) is 33.6 Å². The van der Waals surface area contributed by atoms with Crippen LogP contribution in [0.2, 0.25) is 0 Å². The van der Waals surface area contributed by atoms with E-state index in [1.165, 1.54) is 0 Å². The van der Waals surface area contributed by atoms with E-state index in [4.69, 9.17) is 23.1 Å². The van der Waals surface area contributed by atoms with Crippen molar-refractivity contribution in [2.75, 3.05) is 13.2 Å². The van der Waals surface area contributed by atoms with Crippen molar-refractivity contribution in [2.24, 2.45) is 5.73 Å². The van der Waals surface area contributed by atoms with Gasteiger partial charge in [0.25, 0.3) is 0 Å². The molecule has 0 saturated heterocycles. The van der Waals surface area contributed by atoms with Gasteiger partial charge < -0.3 is 10.8 Å². The van der Waals surface area contributed by atoms with E-state index in [0.29, 0.717) is 11.0 Å². The molecule has 3 nitrogen and oxygen atoms in total. The largest absolute Gasteiger partial charge is 0.396 e. The van der Waals surface area contributed by atoms with E-state index in [0.717, 1.165) is 19.4 Å². The lowest BCUT2D eigenvalue weighted by Gasteiger charge is -2.33. The number of aliphatic hydroxyl groups excluding tert-OH is 1. The second-order valence-electron chi connectivity index (χ2n) is 3.74. The summed E-state index contributed by atoms with van der Waals surface area (Å²) < 4.78 is 0. The quantitative estimate of drug-likeness (QED) is 0.629. The average Bonchev–Trinajstić information content (AvgIpc) is 2.10. The molecule has 0 aliphatic rings. The maximum atomic E-state index is 8.80. The molecule has 0 radical (unpaired) electrons. The average molecular weight is 218 g/mol. The first-order valence-electron chi connectivity index (χ1n) is 5.20. The fourth-order valence-electron chi connectivity index (χ4n) is 1.63. The molecule has 0 saturated carbocycles. The SMILES string of the molecule is CCC(C(N)=S)N(CCCO)C(C)C. The van der Waals surface area contributed by atoms with Crippen molar-refractivity contribution in [2.45, 2.75) is 45.7 Å². The minimum atomic E-state index is 0.163. The molecule has 0 aromatic carbocycles. The Morgan fingerprint density at radius 3 is 2.36 bits per heavy atom. The lowest BCUT2D eigenvalue weighted by molar-refractivity contribution is 0.167. The maximum Gasteiger partial charge on any atom is 0.0902 e. The van der Waals surface area contributed by atoms with Crippen LogP contribution >= 0.6 is 12.2 Å². The van der Waals surface area contributed by atoms with E-state index in [-0.39, 0.29) is 12.6 Å².